The number of carbonyl (C=O) groups excluding carboxylic acids is 3. The lowest BCUT2D eigenvalue weighted by Gasteiger charge is -2.37. The molecule has 2 saturated heterocycles. The molecule has 0 bridgehead atoms. The van der Waals surface area contributed by atoms with Crippen molar-refractivity contribution in [3.05, 3.63) is 0 Å². The SMILES string of the molecule is O=C1CCC(N2CC(C(=O)O)CCC2=O)C(=O)N1. The van der Waals surface area contributed by atoms with Gasteiger partial charge in [-0.15, -0.1) is 0 Å². The highest BCUT2D eigenvalue weighted by Gasteiger charge is 2.39. The standard InChI is InChI=1S/C11H14N2O5/c14-8-3-2-7(10(16)12-8)13-5-6(11(17)18)1-4-9(13)15/h6-7H,1-5H2,(H,17,18)(H,12,14,16). The molecule has 18 heavy (non-hydrogen) atoms. The first-order valence-corrected chi connectivity index (χ1v) is 5.85. The van der Waals surface area contributed by atoms with Crippen LogP contribution in [0, 0.1) is 5.92 Å². The topological polar surface area (TPSA) is 104 Å². The van der Waals surface area contributed by atoms with E-state index in [1.165, 1.54) is 4.90 Å². The smallest absolute Gasteiger partial charge is 0.308 e. The van der Waals surface area contributed by atoms with E-state index in [0.29, 0.717) is 6.42 Å². The van der Waals surface area contributed by atoms with Crippen molar-refractivity contribution in [2.45, 2.75) is 31.7 Å². The molecule has 0 aromatic heterocycles. The van der Waals surface area contributed by atoms with E-state index in [1.54, 1.807) is 0 Å². The summed E-state index contributed by atoms with van der Waals surface area (Å²) in [5.41, 5.74) is 0. The first-order chi connectivity index (χ1) is 8.49. The van der Waals surface area contributed by atoms with E-state index >= 15 is 0 Å². The van der Waals surface area contributed by atoms with Crippen LogP contribution in [0.15, 0.2) is 0 Å². The van der Waals surface area contributed by atoms with Gasteiger partial charge in [0.1, 0.15) is 6.04 Å². The summed E-state index contributed by atoms with van der Waals surface area (Å²) in [7, 11) is 0. The molecule has 0 aliphatic carbocycles. The Hall–Kier alpha value is -1.92. The lowest BCUT2D eigenvalue weighted by Crippen LogP contribution is -2.57. The summed E-state index contributed by atoms with van der Waals surface area (Å²) in [5.74, 6) is -2.67. The van der Waals surface area contributed by atoms with Crippen LogP contribution in [-0.2, 0) is 19.2 Å². The Morgan fingerprint density at radius 2 is 1.94 bits per heavy atom. The van der Waals surface area contributed by atoms with Gasteiger partial charge >= 0.3 is 5.97 Å². The van der Waals surface area contributed by atoms with Crippen molar-refractivity contribution in [1.29, 1.82) is 0 Å². The molecule has 0 spiro atoms. The number of imide groups is 1. The van der Waals surface area contributed by atoms with Gasteiger partial charge in [-0.3, -0.25) is 24.5 Å². The fraction of sp³-hybridized carbons (Fsp3) is 0.636. The molecule has 7 nitrogen and oxygen atoms in total. The number of amides is 3. The Kier molecular flexibility index (Phi) is 3.31. The van der Waals surface area contributed by atoms with Gasteiger partial charge in [-0.05, 0) is 12.8 Å². The first-order valence-electron chi connectivity index (χ1n) is 5.85. The second-order valence-corrected chi connectivity index (χ2v) is 4.59. The first kappa shape index (κ1) is 12.5. The van der Waals surface area contributed by atoms with Crippen molar-refractivity contribution >= 4 is 23.7 Å². The summed E-state index contributed by atoms with van der Waals surface area (Å²) in [6.45, 7) is 0.0421. The third-order valence-corrected chi connectivity index (χ3v) is 3.38. The second kappa shape index (κ2) is 4.75. The maximum atomic E-state index is 11.8. The predicted octanol–water partition coefficient (Wildman–Crippen LogP) is -0.885. The van der Waals surface area contributed by atoms with E-state index in [2.05, 4.69) is 5.32 Å². The monoisotopic (exact) mass is 254 g/mol. The molecule has 2 unspecified atom stereocenters. The van der Waals surface area contributed by atoms with Crippen LogP contribution in [-0.4, -0.2) is 46.3 Å². The van der Waals surface area contributed by atoms with E-state index in [0.717, 1.165) is 0 Å². The zero-order chi connectivity index (χ0) is 13.3. The van der Waals surface area contributed by atoms with Gasteiger partial charge in [0.25, 0.3) is 0 Å². The molecule has 98 valence electrons. The predicted molar refractivity (Wildman–Crippen MR) is 58.2 cm³/mol. The number of carboxylic acid groups (broad SMARTS) is 1. The summed E-state index contributed by atoms with van der Waals surface area (Å²) in [6.07, 6.45) is 0.882. The molecule has 7 heteroatoms. The van der Waals surface area contributed by atoms with Crippen LogP contribution in [0.25, 0.3) is 0 Å². The van der Waals surface area contributed by atoms with Crippen molar-refractivity contribution in [2.24, 2.45) is 5.92 Å². The zero-order valence-electron chi connectivity index (χ0n) is 9.72. The average molecular weight is 254 g/mol. The third kappa shape index (κ3) is 2.34. The molecule has 2 aliphatic heterocycles. The summed E-state index contributed by atoms with van der Waals surface area (Å²) < 4.78 is 0. The highest BCUT2D eigenvalue weighted by Crippen LogP contribution is 2.23. The van der Waals surface area contributed by atoms with Crippen LogP contribution >= 0.6 is 0 Å². The fourth-order valence-corrected chi connectivity index (χ4v) is 2.35. The summed E-state index contributed by atoms with van der Waals surface area (Å²) >= 11 is 0. The number of likely N-dealkylation sites (tertiary alicyclic amines) is 1. The van der Waals surface area contributed by atoms with Gasteiger partial charge in [-0.1, -0.05) is 0 Å². The number of nitrogens with one attached hydrogen (secondary N) is 1. The molecule has 0 aromatic carbocycles. The van der Waals surface area contributed by atoms with Crippen LogP contribution in [0.2, 0.25) is 0 Å². The number of piperidine rings is 2. The van der Waals surface area contributed by atoms with Gasteiger partial charge in [0.15, 0.2) is 0 Å². The number of nitrogens with zero attached hydrogens (tertiary/aromatic N) is 1. The molecular formula is C11H14N2O5. The van der Waals surface area contributed by atoms with Gasteiger partial charge in [0.2, 0.25) is 17.7 Å². The highest BCUT2D eigenvalue weighted by atomic mass is 16.4. The molecule has 2 fully saturated rings. The Balaban J connectivity index is 2.10. The van der Waals surface area contributed by atoms with Crippen molar-refractivity contribution in [3.8, 4) is 0 Å². The second-order valence-electron chi connectivity index (χ2n) is 4.59. The van der Waals surface area contributed by atoms with E-state index in [9.17, 15) is 19.2 Å². The number of aliphatic carboxylic acids is 1. The minimum Gasteiger partial charge on any atom is -0.481 e. The van der Waals surface area contributed by atoms with Crippen LogP contribution in [0.1, 0.15) is 25.7 Å². The molecule has 0 radical (unpaired) electrons. The maximum absolute atomic E-state index is 11.8. The van der Waals surface area contributed by atoms with Crippen molar-refractivity contribution in [2.75, 3.05) is 6.54 Å². The van der Waals surface area contributed by atoms with Crippen molar-refractivity contribution < 1.29 is 24.3 Å². The summed E-state index contributed by atoms with van der Waals surface area (Å²) in [5, 5.41) is 11.1. The molecule has 2 heterocycles. The third-order valence-electron chi connectivity index (χ3n) is 3.38. The lowest BCUT2D eigenvalue weighted by atomic mass is 9.94. The number of hydrogen-bond donors (Lipinski definition) is 2. The minimum atomic E-state index is -0.959. The van der Waals surface area contributed by atoms with Crippen molar-refractivity contribution in [3.63, 3.8) is 0 Å². The number of rotatable bonds is 2. The highest BCUT2D eigenvalue weighted by molar-refractivity contribution is 6.01. The summed E-state index contributed by atoms with van der Waals surface area (Å²) in [6, 6.07) is -0.711. The van der Waals surface area contributed by atoms with Crippen LogP contribution in [0.5, 0.6) is 0 Å². The molecule has 2 aliphatic rings. The maximum Gasteiger partial charge on any atom is 0.308 e. The quantitative estimate of drug-likeness (QED) is 0.622. The van der Waals surface area contributed by atoms with Crippen LogP contribution < -0.4 is 5.32 Å². The lowest BCUT2D eigenvalue weighted by molar-refractivity contribution is -0.154. The summed E-state index contributed by atoms with van der Waals surface area (Å²) in [4.78, 5) is 46.7. The molecule has 2 N–H and O–H groups in total. The molecule has 2 rings (SSSR count). The molecule has 0 aromatic rings. The van der Waals surface area contributed by atoms with Crippen LogP contribution in [0.3, 0.4) is 0 Å². The van der Waals surface area contributed by atoms with Gasteiger partial charge < -0.3 is 10.0 Å². The average Bonchev–Trinajstić information content (AvgIpc) is 2.30. The minimum absolute atomic E-state index is 0.0421. The molecule has 3 amide bonds. The zero-order valence-corrected chi connectivity index (χ0v) is 9.72. The Morgan fingerprint density at radius 3 is 2.56 bits per heavy atom. The van der Waals surface area contributed by atoms with Gasteiger partial charge in [-0.25, -0.2) is 0 Å². The Bertz CT molecular complexity index is 420. The number of hydrogen-bond acceptors (Lipinski definition) is 4. The van der Waals surface area contributed by atoms with E-state index in [4.69, 9.17) is 5.11 Å². The van der Waals surface area contributed by atoms with Gasteiger partial charge in [-0.2, -0.15) is 0 Å². The van der Waals surface area contributed by atoms with Gasteiger partial charge in [0.05, 0.1) is 5.92 Å². The normalized spacial score (nSPS) is 29.1. The van der Waals surface area contributed by atoms with Crippen molar-refractivity contribution in [1.82, 2.24) is 10.2 Å². The van der Waals surface area contributed by atoms with E-state index < -0.39 is 23.8 Å². The molecule has 0 saturated carbocycles. The molecule has 2 atom stereocenters. The number of carbonyl (C=O) groups is 4. The van der Waals surface area contributed by atoms with Crippen LogP contribution in [0.4, 0.5) is 0 Å². The Morgan fingerprint density at radius 1 is 1.22 bits per heavy atom. The Labute approximate surface area is 103 Å². The van der Waals surface area contributed by atoms with E-state index in [-0.39, 0.29) is 37.6 Å². The van der Waals surface area contributed by atoms with Gasteiger partial charge in [0, 0.05) is 19.4 Å². The van der Waals surface area contributed by atoms with E-state index in [1.807, 2.05) is 0 Å². The fourth-order valence-electron chi connectivity index (χ4n) is 2.35. The molecular weight excluding hydrogens is 240 g/mol. The largest absolute Gasteiger partial charge is 0.481 e. The number of carboxylic acids is 1.